The number of unbranched alkanes of at least 4 members (excludes halogenated alkanes) is 1. The van der Waals surface area contributed by atoms with Crippen LogP contribution in [0.3, 0.4) is 0 Å². The summed E-state index contributed by atoms with van der Waals surface area (Å²) in [5.41, 5.74) is 6.88. The molecule has 0 bridgehead atoms. The van der Waals surface area contributed by atoms with E-state index in [0.29, 0.717) is 30.2 Å². The van der Waals surface area contributed by atoms with Crippen LogP contribution in [0.15, 0.2) is 65.8 Å². The van der Waals surface area contributed by atoms with Gasteiger partial charge in [0, 0.05) is 65.7 Å². The molecule has 0 saturated heterocycles. The molecule has 294 valence electrons. The molecule has 3 atom stereocenters. The molecule has 1 aliphatic carbocycles. The van der Waals surface area contributed by atoms with E-state index in [1.807, 2.05) is 55.5 Å². The van der Waals surface area contributed by atoms with Gasteiger partial charge in [-0.25, -0.2) is 4.79 Å². The number of alkyl halides is 4. The highest BCUT2D eigenvalue weighted by Crippen LogP contribution is 2.38. The molecular formula is C43H47ClF4N2O5. The Morgan fingerprint density at radius 3 is 2.47 bits per heavy atom. The topological polar surface area (TPSA) is 79.1 Å². The second-order valence-corrected chi connectivity index (χ2v) is 14.6. The van der Waals surface area contributed by atoms with Crippen molar-refractivity contribution in [2.75, 3.05) is 13.7 Å². The normalized spacial score (nSPS) is 15.6. The molecular weight excluding hydrogens is 736 g/mol. The fourth-order valence-electron chi connectivity index (χ4n) is 7.12. The van der Waals surface area contributed by atoms with E-state index in [4.69, 9.17) is 21.2 Å². The number of carbonyl (C=O) groups is 2. The second-order valence-electron chi connectivity index (χ2n) is 14.2. The lowest BCUT2D eigenvalue weighted by molar-refractivity contribution is -0.253. The first kappa shape index (κ1) is 41.7. The Balaban J connectivity index is 1.60. The van der Waals surface area contributed by atoms with Crippen molar-refractivity contribution >= 4 is 46.0 Å². The molecule has 0 radical (unpaired) electrons. The van der Waals surface area contributed by atoms with Crippen molar-refractivity contribution in [1.29, 1.82) is 0 Å². The molecule has 7 nitrogen and oxygen atoms in total. The third kappa shape index (κ3) is 9.50. The van der Waals surface area contributed by atoms with Crippen molar-refractivity contribution in [3.63, 3.8) is 0 Å². The average Bonchev–Trinajstić information content (AvgIpc) is 3.45. The van der Waals surface area contributed by atoms with Crippen molar-refractivity contribution < 1.29 is 41.5 Å². The summed E-state index contributed by atoms with van der Waals surface area (Å²) in [5.74, 6) is -1.66. The number of allylic oxidation sites excluding steroid dienone is 1. The van der Waals surface area contributed by atoms with Gasteiger partial charge >= 0.3 is 18.5 Å². The standard InChI is InChI=1S/C43H47ClF4N2O5/c1-7-9-10-28(8-2)23-50-38-17-13-30(40(49-55-27(5)51)34-19-29(12-11-25(34)3)26(4)24-53-6)20-35(38)36-21-31(14-18-39(36)50)41(52)33-16-15-32(22-37(33)44)54-43(47,48)42(45)46/h11-20,22,26,28,31,42H,7-10,21,23-24H2,1-6H3/b49-40-. The van der Waals surface area contributed by atoms with Crippen LogP contribution in [0.25, 0.3) is 17.0 Å². The zero-order chi connectivity index (χ0) is 40.0. The number of methoxy groups -OCH3 is 1. The molecule has 3 unspecified atom stereocenters. The molecule has 0 amide bonds. The summed E-state index contributed by atoms with van der Waals surface area (Å²) >= 11 is 6.38. The highest BCUT2D eigenvalue weighted by atomic mass is 35.5. The van der Waals surface area contributed by atoms with Gasteiger partial charge in [-0.1, -0.05) is 81.1 Å². The number of carbonyl (C=O) groups excluding carboxylic acids is 2. The van der Waals surface area contributed by atoms with Crippen molar-refractivity contribution in [3.05, 3.63) is 105 Å². The first-order chi connectivity index (χ1) is 26.2. The molecule has 5 rings (SSSR count). The molecule has 0 N–H and O–H groups in total. The van der Waals surface area contributed by atoms with Gasteiger partial charge in [0.2, 0.25) is 0 Å². The number of aromatic nitrogens is 1. The molecule has 12 heteroatoms. The van der Waals surface area contributed by atoms with Crippen LogP contribution in [0.1, 0.15) is 103 Å². The fraction of sp³-hybridized carbons (Fsp3) is 0.419. The molecule has 0 fully saturated rings. The Bertz CT molecular complexity index is 2090. The Morgan fingerprint density at radius 1 is 1.05 bits per heavy atom. The fourth-order valence-corrected chi connectivity index (χ4v) is 7.38. The van der Waals surface area contributed by atoms with E-state index in [-0.39, 0.29) is 22.3 Å². The van der Waals surface area contributed by atoms with Gasteiger partial charge in [-0.3, -0.25) is 4.79 Å². The van der Waals surface area contributed by atoms with E-state index in [1.54, 1.807) is 7.11 Å². The van der Waals surface area contributed by atoms with Crippen LogP contribution < -0.4 is 4.74 Å². The van der Waals surface area contributed by atoms with E-state index in [2.05, 4.69) is 35.2 Å². The Morgan fingerprint density at radius 2 is 1.82 bits per heavy atom. The lowest BCUT2D eigenvalue weighted by Crippen LogP contribution is -2.33. The summed E-state index contributed by atoms with van der Waals surface area (Å²) in [4.78, 5) is 31.3. The summed E-state index contributed by atoms with van der Waals surface area (Å²) in [6.07, 6.45) is -0.419. The molecule has 3 aromatic carbocycles. The lowest BCUT2D eigenvalue weighted by atomic mass is 9.85. The Labute approximate surface area is 324 Å². The van der Waals surface area contributed by atoms with Crippen molar-refractivity contribution in [1.82, 2.24) is 4.57 Å². The van der Waals surface area contributed by atoms with E-state index in [9.17, 15) is 27.2 Å². The summed E-state index contributed by atoms with van der Waals surface area (Å²) in [6.45, 7) is 11.0. The number of halogens is 5. The van der Waals surface area contributed by atoms with Crippen LogP contribution in [-0.4, -0.2) is 48.3 Å². The van der Waals surface area contributed by atoms with Gasteiger partial charge in [0.15, 0.2) is 5.78 Å². The van der Waals surface area contributed by atoms with Crippen LogP contribution in [0.4, 0.5) is 17.6 Å². The first-order valence-electron chi connectivity index (χ1n) is 18.6. The van der Waals surface area contributed by atoms with Crippen LogP contribution in [0.5, 0.6) is 5.75 Å². The molecule has 1 aliphatic rings. The van der Waals surface area contributed by atoms with Crippen LogP contribution in [0.2, 0.25) is 5.02 Å². The molecule has 55 heavy (non-hydrogen) atoms. The molecule has 1 aromatic heterocycles. The predicted octanol–water partition coefficient (Wildman–Crippen LogP) is 11.2. The number of Topliss-reactive ketones (excluding diaryl/α,β-unsaturated/α-hetero) is 1. The number of ketones is 1. The minimum Gasteiger partial charge on any atom is -0.428 e. The quantitative estimate of drug-likeness (QED) is 0.0350. The van der Waals surface area contributed by atoms with Gasteiger partial charge < -0.3 is 18.9 Å². The van der Waals surface area contributed by atoms with E-state index in [0.717, 1.165) is 83.2 Å². The number of oxime groups is 1. The zero-order valence-corrected chi connectivity index (χ0v) is 32.7. The van der Waals surface area contributed by atoms with Crippen LogP contribution in [-0.2, 0) is 27.3 Å². The van der Waals surface area contributed by atoms with Crippen LogP contribution in [0, 0.1) is 18.8 Å². The highest BCUT2D eigenvalue weighted by molar-refractivity contribution is 6.34. The van der Waals surface area contributed by atoms with Crippen molar-refractivity contribution in [3.8, 4) is 5.75 Å². The zero-order valence-electron chi connectivity index (χ0n) is 31.9. The maximum absolute atomic E-state index is 14.0. The van der Waals surface area contributed by atoms with Gasteiger partial charge in [0.05, 0.1) is 11.6 Å². The van der Waals surface area contributed by atoms with Gasteiger partial charge in [-0.15, -0.1) is 0 Å². The Hall–Kier alpha value is -4.48. The number of hydrogen-bond acceptors (Lipinski definition) is 6. The number of hydrogen-bond donors (Lipinski definition) is 0. The maximum atomic E-state index is 14.0. The summed E-state index contributed by atoms with van der Waals surface area (Å²) < 4.78 is 64.5. The summed E-state index contributed by atoms with van der Waals surface area (Å²) in [5, 5.41) is 5.08. The number of ether oxygens (including phenoxy) is 2. The van der Waals surface area contributed by atoms with Crippen molar-refractivity contribution in [2.45, 2.75) is 91.7 Å². The average molecular weight is 783 g/mol. The van der Waals surface area contributed by atoms with E-state index < -0.39 is 30.2 Å². The largest absolute Gasteiger partial charge is 0.461 e. The number of fused-ring (bicyclic) bond motifs is 3. The molecule has 4 aromatic rings. The summed E-state index contributed by atoms with van der Waals surface area (Å²) in [7, 11) is 1.66. The monoisotopic (exact) mass is 782 g/mol. The first-order valence-corrected chi connectivity index (χ1v) is 18.9. The molecule has 0 saturated carbocycles. The third-order valence-corrected chi connectivity index (χ3v) is 10.5. The van der Waals surface area contributed by atoms with Crippen LogP contribution >= 0.6 is 11.6 Å². The predicted molar refractivity (Wildman–Crippen MR) is 208 cm³/mol. The molecule has 0 aliphatic heterocycles. The van der Waals surface area contributed by atoms with E-state index >= 15 is 0 Å². The van der Waals surface area contributed by atoms with Gasteiger partial charge in [0.25, 0.3) is 0 Å². The lowest BCUT2D eigenvalue weighted by Gasteiger charge is -2.21. The second kappa shape index (κ2) is 18.0. The van der Waals surface area contributed by atoms with Crippen molar-refractivity contribution in [2.24, 2.45) is 17.0 Å². The van der Waals surface area contributed by atoms with Gasteiger partial charge in [0.1, 0.15) is 11.5 Å². The molecule has 1 heterocycles. The molecule has 0 spiro atoms. The SMILES string of the molecule is CCCCC(CC)Cn1c2c(c3cc(/C(=N/OC(C)=O)c4cc(C(C)COC)ccc4C)ccc31)CC(C(=O)c1ccc(OC(F)(F)C(F)F)cc1Cl)C=C2. The highest BCUT2D eigenvalue weighted by Gasteiger charge is 2.44. The minimum absolute atomic E-state index is 0.0522. The number of aryl methyl sites for hydroxylation is 1. The van der Waals surface area contributed by atoms with Gasteiger partial charge in [-0.05, 0) is 84.8 Å². The number of nitrogens with zero attached hydrogens (tertiary/aromatic N) is 2. The Kier molecular flexibility index (Phi) is 13.6. The third-order valence-electron chi connectivity index (χ3n) is 10.2. The number of rotatable bonds is 17. The van der Waals surface area contributed by atoms with E-state index in [1.165, 1.54) is 13.0 Å². The van der Waals surface area contributed by atoms with Gasteiger partial charge in [-0.2, -0.15) is 17.6 Å². The maximum Gasteiger partial charge on any atom is 0.461 e. The minimum atomic E-state index is -4.72. The number of benzene rings is 3. The summed E-state index contributed by atoms with van der Waals surface area (Å²) in [6, 6.07) is 15.3. The smallest absolute Gasteiger partial charge is 0.428 e.